The molecule has 3 rings (SSSR count). The quantitative estimate of drug-likeness (QED) is 0.318. The molecular formula is C32H61N3O5. The molecule has 3 unspecified atom stereocenters. The van der Waals surface area contributed by atoms with E-state index in [9.17, 15) is 15.2 Å². The van der Waals surface area contributed by atoms with Gasteiger partial charge >= 0.3 is 0 Å². The van der Waals surface area contributed by atoms with Gasteiger partial charge in [0.1, 0.15) is 5.54 Å². The van der Waals surface area contributed by atoms with Gasteiger partial charge in [-0.1, -0.05) is 48.5 Å². The molecule has 0 aromatic carbocycles. The van der Waals surface area contributed by atoms with Gasteiger partial charge < -0.3 is 24.8 Å². The van der Waals surface area contributed by atoms with Crippen LogP contribution in [0, 0.1) is 5.41 Å². The standard InChI is InChI=1S/C32H61N3O5/c1-12-28(11)20-32(39-23-27(9,10)24-40-32)21-30(15-4,34(28)37)18-17-19-31(16-5)25(36)33(26(6,7)8)22-29(13-2,14-3)35(31)38/h37-38H,12-24H2,1-11H3. The number of carbonyl (C=O) groups excluding carboxylic acids is 1. The fourth-order valence-corrected chi connectivity index (χ4v) is 7.67. The largest absolute Gasteiger partial charge is 0.349 e. The van der Waals surface area contributed by atoms with Crippen LogP contribution in [0.4, 0.5) is 0 Å². The fraction of sp³-hybridized carbons (Fsp3) is 0.969. The Kier molecular flexibility index (Phi) is 9.60. The molecule has 1 amide bonds. The second-order valence-corrected chi connectivity index (χ2v) is 15.3. The van der Waals surface area contributed by atoms with E-state index in [0.717, 1.165) is 25.7 Å². The lowest BCUT2D eigenvalue weighted by Gasteiger charge is -2.61. The average molecular weight is 568 g/mol. The number of carbonyl (C=O) groups is 1. The number of amides is 1. The summed E-state index contributed by atoms with van der Waals surface area (Å²) in [5.74, 6) is -0.724. The van der Waals surface area contributed by atoms with Gasteiger partial charge in [-0.05, 0) is 79.1 Å². The van der Waals surface area contributed by atoms with Crippen LogP contribution in [0.1, 0.15) is 140 Å². The lowest BCUT2D eigenvalue weighted by atomic mass is 9.69. The van der Waals surface area contributed by atoms with Gasteiger partial charge in [0, 0.05) is 35.9 Å². The van der Waals surface area contributed by atoms with Gasteiger partial charge in [0.05, 0.1) is 24.3 Å². The summed E-state index contributed by atoms with van der Waals surface area (Å²) in [5.41, 5.74) is -2.94. The van der Waals surface area contributed by atoms with E-state index in [1.165, 1.54) is 5.06 Å². The molecule has 3 saturated heterocycles. The molecule has 40 heavy (non-hydrogen) atoms. The number of piperazine rings is 1. The van der Waals surface area contributed by atoms with Crippen molar-refractivity contribution in [3.8, 4) is 0 Å². The Labute approximate surface area is 244 Å². The molecule has 0 aromatic heterocycles. The minimum Gasteiger partial charge on any atom is -0.349 e. The summed E-state index contributed by atoms with van der Waals surface area (Å²) in [6.45, 7) is 24.9. The summed E-state index contributed by atoms with van der Waals surface area (Å²) in [4.78, 5) is 16.2. The minimum absolute atomic E-state index is 0.00798. The maximum atomic E-state index is 14.2. The Morgan fingerprint density at radius 1 is 0.775 bits per heavy atom. The first-order valence-corrected chi connectivity index (χ1v) is 16.0. The predicted octanol–water partition coefficient (Wildman–Crippen LogP) is 6.77. The van der Waals surface area contributed by atoms with Crippen molar-refractivity contribution < 1.29 is 24.7 Å². The first kappa shape index (κ1) is 33.7. The zero-order valence-corrected chi connectivity index (χ0v) is 27.7. The molecule has 3 aliphatic rings. The molecule has 0 aliphatic carbocycles. The molecule has 3 aliphatic heterocycles. The molecule has 0 bridgehead atoms. The van der Waals surface area contributed by atoms with Gasteiger partial charge in [0.2, 0.25) is 5.91 Å². The van der Waals surface area contributed by atoms with E-state index < -0.39 is 27.9 Å². The number of hydrogen-bond acceptors (Lipinski definition) is 7. The Hall–Kier alpha value is -0.770. The van der Waals surface area contributed by atoms with E-state index in [1.54, 1.807) is 5.06 Å². The van der Waals surface area contributed by atoms with Crippen LogP contribution in [0.3, 0.4) is 0 Å². The summed E-state index contributed by atoms with van der Waals surface area (Å²) in [5, 5.41) is 26.7. The van der Waals surface area contributed by atoms with Gasteiger partial charge in [-0.2, -0.15) is 10.1 Å². The third-order valence-corrected chi connectivity index (χ3v) is 11.0. The molecule has 3 atom stereocenters. The van der Waals surface area contributed by atoms with E-state index in [2.05, 4.69) is 69.2 Å². The molecule has 8 nitrogen and oxygen atoms in total. The Morgan fingerprint density at radius 3 is 1.77 bits per heavy atom. The summed E-state index contributed by atoms with van der Waals surface area (Å²) in [7, 11) is 0. The lowest BCUT2D eigenvalue weighted by Crippen LogP contribution is -2.76. The number of hydrogen-bond donors (Lipinski definition) is 2. The van der Waals surface area contributed by atoms with Crippen LogP contribution in [-0.2, 0) is 14.3 Å². The van der Waals surface area contributed by atoms with Crippen molar-refractivity contribution in [2.45, 2.75) is 174 Å². The second-order valence-electron chi connectivity index (χ2n) is 15.3. The second kappa shape index (κ2) is 11.4. The summed E-state index contributed by atoms with van der Waals surface area (Å²) < 4.78 is 13.1. The van der Waals surface area contributed by atoms with E-state index in [1.807, 2.05) is 11.8 Å². The van der Waals surface area contributed by atoms with Crippen molar-refractivity contribution in [1.29, 1.82) is 0 Å². The van der Waals surface area contributed by atoms with E-state index in [4.69, 9.17) is 9.47 Å². The average Bonchev–Trinajstić information content (AvgIpc) is 2.91. The van der Waals surface area contributed by atoms with Crippen LogP contribution in [-0.4, -0.2) is 84.6 Å². The minimum atomic E-state index is -1.00. The highest BCUT2D eigenvalue weighted by molar-refractivity contribution is 5.88. The SMILES string of the molecule is CCC1(C)CC2(CC(CC)(CCCC3(CC)C(=O)N(C(C)(C)C)CC(CC)(CC)N3O)N1O)OCC(C)(C)CO2. The monoisotopic (exact) mass is 567 g/mol. The molecule has 1 spiro atoms. The predicted molar refractivity (Wildman–Crippen MR) is 158 cm³/mol. The number of ether oxygens (including phenoxy) is 2. The third-order valence-electron chi connectivity index (χ3n) is 11.0. The summed E-state index contributed by atoms with van der Waals surface area (Å²) in [6, 6.07) is 0. The zero-order chi connectivity index (χ0) is 30.4. The third kappa shape index (κ3) is 5.62. The molecule has 0 radical (unpaired) electrons. The van der Waals surface area contributed by atoms with Crippen LogP contribution >= 0.6 is 0 Å². The van der Waals surface area contributed by atoms with Crippen LogP contribution in [0.25, 0.3) is 0 Å². The highest BCUT2D eigenvalue weighted by Gasteiger charge is 2.61. The molecule has 3 fully saturated rings. The highest BCUT2D eigenvalue weighted by Crippen LogP contribution is 2.52. The van der Waals surface area contributed by atoms with Crippen LogP contribution in [0.15, 0.2) is 0 Å². The molecule has 8 heteroatoms. The molecule has 2 N–H and O–H groups in total. The van der Waals surface area contributed by atoms with Gasteiger partial charge in [-0.3, -0.25) is 4.79 Å². The fourth-order valence-electron chi connectivity index (χ4n) is 7.67. The number of piperidine rings is 1. The molecule has 0 aromatic rings. The van der Waals surface area contributed by atoms with Crippen LogP contribution < -0.4 is 0 Å². The Morgan fingerprint density at radius 2 is 1.32 bits per heavy atom. The summed E-state index contributed by atoms with van der Waals surface area (Å²) in [6.07, 6.45) is 6.61. The Balaban J connectivity index is 1.94. The number of rotatable bonds is 9. The maximum absolute atomic E-state index is 14.2. The van der Waals surface area contributed by atoms with Crippen molar-refractivity contribution in [2.75, 3.05) is 19.8 Å². The smallest absolute Gasteiger partial charge is 0.245 e. The van der Waals surface area contributed by atoms with E-state index >= 15 is 0 Å². The molecule has 0 saturated carbocycles. The highest BCUT2D eigenvalue weighted by atomic mass is 16.7. The first-order valence-electron chi connectivity index (χ1n) is 16.0. The molecular weight excluding hydrogens is 506 g/mol. The topological polar surface area (TPSA) is 85.7 Å². The normalized spacial score (nSPS) is 34.9. The maximum Gasteiger partial charge on any atom is 0.245 e. The van der Waals surface area contributed by atoms with Crippen molar-refractivity contribution in [2.24, 2.45) is 5.41 Å². The number of hydroxylamine groups is 4. The Bertz CT molecular complexity index is 889. The van der Waals surface area contributed by atoms with Gasteiger partial charge in [-0.15, -0.1) is 0 Å². The van der Waals surface area contributed by atoms with Crippen molar-refractivity contribution in [3.05, 3.63) is 0 Å². The zero-order valence-electron chi connectivity index (χ0n) is 27.7. The van der Waals surface area contributed by atoms with E-state index in [0.29, 0.717) is 58.3 Å². The van der Waals surface area contributed by atoms with Crippen molar-refractivity contribution >= 4 is 5.91 Å². The lowest BCUT2D eigenvalue weighted by molar-refractivity contribution is -0.379. The van der Waals surface area contributed by atoms with E-state index in [-0.39, 0.29) is 16.9 Å². The van der Waals surface area contributed by atoms with Gasteiger partial charge in [-0.25, -0.2) is 0 Å². The van der Waals surface area contributed by atoms with Crippen LogP contribution in [0.5, 0.6) is 0 Å². The van der Waals surface area contributed by atoms with Crippen molar-refractivity contribution in [3.63, 3.8) is 0 Å². The van der Waals surface area contributed by atoms with Gasteiger partial charge in [0.15, 0.2) is 5.79 Å². The number of nitrogens with zero attached hydrogens (tertiary/aromatic N) is 3. The summed E-state index contributed by atoms with van der Waals surface area (Å²) >= 11 is 0. The molecule has 234 valence electrons. The molecule has 3 heterocycles. The van der Waals surface area contributed by atoms with Gasteiger partial charge in [0.25, 0.3) is 0 Å². The van der Waals surface area contributed by atoms with Crippen LogP contribution in [0.2, 0.25) is 0 Å². The first-order chi connectivity index (χ1) is 18.4. The van der Waals surface area contributed by atoms with Crippen molar-refractivity contribution in [1.82, 2.24) is 15.0 Å².